The minimum absolute atomic E-state index is 0.205. The summed E-state index contributed by atoms with van der Waals surface area (Å²) in [5.74, 6) is 1.80. The SMILES string of the molecule is CC1(C(=O)N2CCCC(c3cncc(Oc4ccccc4)n3)C2)CCN(C2CCCC2)CC1. The molecule has 1 aliphatic carbocycles. The number of carbonyl (C=O) groups is 1. The van der Waals surface area contributed by atoms with Crippen molar-refractivity contribution in [3.63, 3.8) is 0 Å². The maximum atomic E-state index is 13.6. The maximum Gasteiger partial charge on any atom is 0.238 e. The highest BCUT2D eigenvalue weighted by Gasteiger charge is 2.42. The highest BCUT2D eigenvalue weighted by Crippen LogP contribution is 2.38. The molecule has 3 fully saturated rings. The Bertz CT molecular complexity index is 936. The first-order chi connectivity index (χ1) is 16.1. The molecule has 33 heavy (non-hydrogen) atoms. The number of likely N-dealkylation sites (tertiary alicyclic amines) is 2. The second-order valence-corrected chi connectivity index (χ2v) is 10.3. The molecule has 0 N–H and O–H groups in total. The predicted octanol–water partition coefficient (Wildman–Crippen LogP) is 5.02. The Balaban J connectivity index is 1.22. The van der Waals surface area contributed by atoms with E-state index in [-0.39, 0.29) is 11.3 Å². The molecular formula is C27H36N4O2. The average Bonchev–Trinajstić information content (AvgIpc) is 3.40. The molecule has 1 unspecified atom stereocenters. The number of ether oxygens (including phenoxy) is 1. The lowest BCUT2D eigenvalue weighted by Crippen LogP contribution is -2.52. The second-order valence-electron chi connectivity index (χ2n) is 10.3. The number of piperidine rings is 2. The Labute approximate surface area is 197 Å². The topological polar surface area (TPSA) is 58.6 Å². The summed E-state index contributed by atoms with van der Waals surface area (Å²) in [5, 5.41) is 0. The zero-order chi connectivity index (χ0) is 22.7. The summed E-state index contributed by atoms with van der Waals surface area (Å²) in [6, 6.07) is 10.4. The molecule has 3 aliphatic rings. The second kappa shape index (κ2) is 9.80. The minimum atomic E-state index is -0.235. The van der Waals surface area contributed by atoms with Crippen LogP contribution in [0.2, 0.25) is 0 Å². The van der Waals surface area contributed by atoms with E-state index in [0.29, 0.717) is 11.8 Å². The molecule has 176 valence electrons. The molecule has 2 aromatic rings. The largest absolute Gasteiger partial charge is 0.437 e. The van der Waals surface area contributed by atoms with Gasteiger partial charge in [-0.15, -0.1) is 0 Å². The summed E-state index contributed by atoms with van der Waals surface area (Å²) in [6.07, 6.45) is 12.9. The summed E-state index contributed by atoms with van der Waals surface area (Å²) in [4.78, 5) is 27.5. The minimum Gasteiger partial charge on any atom is -0.437 e. The molecule has 1 aromatic carbocycles. The highest BCUT2D eigenvalue weighted by atomic mass is 16.5. The number of para-hydroxylation sites is 1. The Morgan fingerprint density at radius 1 is 1.00 bits per heavy atom. The summed E-state index contributed by atoms with van der Waals surface area (Å²) in [7, 11) is 0. The van der Waals surface area contributed by atoms with Crippen LogP contribution in [0.5, 0.6) is 11.6 Å². The van der Waals surface area contributed by atoms with Crippen LogP contribution in [-0.4, -0.2) is 57.9 Å². The molecule has 1 amide bonds. The van der Waals surface area contributed by atoms with Gasteiger partial charge in [-0.05, 0) is 63.7 Å². The van der Waals surface area contributed by atoms with E-state index >= 15 is 0 Å². The van der Waals surface area contributed by atoms with E-state index in [0.717, 1.165) is 69.3 Å². The summed E-state index contributed by atoms with van der Waals surface area (Å²) < 4.78 is 5.89. The molecule has 0 bridgehead atoms. The van der Waals surface area contributed by atoms with Crippen molar-refractivity contribution in [2.45, 2.75) is 70.3 Å². The Hall–Kier alpha value is -2.47. The van der Waals surface area contributed by atoms with Crippen molar-refractivity contribution in [2.75, 3.05) is 26.2 Å². The van der Waals surface area contributed by atoms with Gasteiger partial charge in [-0.1, -0.05) is 38.0 Å². The van der Waals surface area contributed by atoms with Gasteiger partial charge in [-0.25, -0.2) is 4.98 Å². The van der Waals surface area contributed by atoms with Crippen molar-refractivity contribution in [3.05, 3.63) is 48.4 Å². The third-order valence-corrected chi connectivity index (χ3v) is 7.98. The molecule has 0 spiro atoms. The first-order valence-corrected chi connectivity index (χ1v) is 12.7. The number of benzene rings is 1. The van der Waals surface area contributed by atoms with Crippen molar-refractivity contribution >= 4 is 5.91 Å². The number of rotatable bonds is 5. The molecule has 1 saturated carbocycles. The van der Waals surface area contributed by atoms with Gasteiger partial charge >= 0.3 is 0 Å². The molecule has 1 atom stereocenters. The summed E-state index contributed by atoms with van der Waals surface area (Å²) >= 11 is 0. The van der Waals surface area contributed by atoms with Crippen LogP contribution < -0.4 is 4.74 Å². The Morgan fingerprint density at radius 3 is 2.52 bits per heavy atom. The number of carbonyl (C=O) groups excluding carboxylic acids is 1. The molecule has 2 saturated heterocycles. The number of hydrogen-bond donors (Lipinski definition) is 0. The number of nitrogens with zero attached hydrogens (tertiary/aromatic N) is 4. The molecular weight excluding hydrogens is 412 g/mol. The summed E-state index contributed by atoms with van der Waals surface area (Å²) in [6.45, 7) is 5.90. The van der Waals surface area contributed by atoms with Crippen LogP contribution >= 0.6 is 0 Å². The molecule has 2 aliphatic heterocycles. The Kier molecular flexibility index (Phi) is 6.63. The highest BCUT2D eigenvalue weighted by molar-refractivity contribution is 5.82. The van der Waals surface area contributed by atoms with Crippen molar-refractivity contribution in [2.24, 2.45) is 5.41 Å². The van der Waals surface area contributed by atoms with Crippen LogP contribution in [0.1, 0.15) is 69.9 Å². The molecule has 6 nitrogen and oxygen atoms in total. The van der Waals surface area contributed by atoms with Gasteiger partial charge in [0.1, 0.15) is 5.75 Å². The van der Waals surface area contributed by atoms with E-state index in [1.54, 1.807) is 6.20 Å². The van der Waals surface area contributed by atoms with Gasteiger partial charge in [0.15, 0.2) is 0 Å². The van der Waals surface area contributed by atoms with Crippen molar-refractivity contribution < 1.29 is 9.53 Å². The van der Waals surface area contributed by atoms with Gasteiger partial charge < -0.3 is 14.5 Å². The molecule has 1 aromatic heterocycles. The van der Waals surface area contributed by atoms with E-state index < -0.39 is 0 Å². The zero-order valence-electron chi connectivity index (χ0n) is 19.8. The van der Waals surface area contributed by atoms with Crippen LogP contribution in [0.15, 0.2) is 42.7 Å². The monoisotopic (exact) mass is 448 g/mol. The number of hydrogen-bond acceptors (Lipinski definition) is 5. The van der Waals surface area contributed by atoms with E-state index in [1.165, 1.54) is 25.7 Å². The smallest absolute Gasteiger partial charge is 0.238 e. The normalized spacial score (nSPS) is 24.0. The molecule has 3 heterocycles. The lowest BCUT2D eigenvalue weighted by molar-refractivity contribution is -0.145. The van der Waals surface area contributed by atoms with Crippen molar-refractivity contribution in [3.8, 4) is 11.6 Å². The van der Waals surface area contributed by atoms with Gasteiger partial charge in [0.05, 0.1) is 11.9 Å². The van der Waals surface area contributed by atoms with E-state index in [1.807, 2.05) is 36.5 Å². The third-order valence-electron chi connectivity index (χ3n) is 7.98. The van der Waals surface area contributed by atoms with Gasteiger partial charge in [-0.2, -0.15) is 0 Å². The van der Waals surface area contributed by atoms with Gasteiger partial charge in [-0.3, -0.25) is 9.78 Å². The third kappa shape index (κ3) is 5.06. The number of amides is 1. The standard InChI is InChI=1S/C27H36N4O2/c1-27(13-16-30(17-14-27)22-9-5-6-10-22)26(32)31-15-7-8-21(20-31)24-18-28-19-25(29-24)33-23-11-3-2-4-12-23/h2-4,11-12,18-19,21-22H,5-10,13-17,20H2,1H3. The van der Waals surface area contributed by atoms with Crippen LogP contribution in [0.4, 0.5) is 0 Å². The fraction of sp³-hybridized carbons (Fsp3) is 0.593. The summed E-state index contributed by atoms with van der Waals surface area (Å²) in [5.41, 5.74) is 0.683. The lowest BCUT2D eigenvalue weighted by atomic mass is 9.78. The van der Waals surface area contributed by atoms with E-state index in [9.17, 15) is 4.79 Å². The van der Waals surface area contributed by atoms with Gasteiger partial charge in [0.2, 0.25) is 11.8 Å². The molecule has 0 radical (unpaired) electrons. The lowest BCUT2D eigenvalue weighted by Gasteiger charge is -2.44. The zero-order valence-corrected chi connectivity index (χ0v) is 19.8. The van der Waals surface area contributed by atoms with Crippen LogP contribution in [-0.2, 0) is 4.79 Å². The predicted molar refractivity (Wildman–Crippen MR) is 128 cm³/mol. The Morgan fingerprint density at radius 2 is 1.76 bits per heavy atom. The fourth-order valence-corrected chi connectivity index (χ4v) is 5.87. The molecule has 6 heteroatoms. The molecule has 5 rings (SSSR count). The van der Waals surface area contributed by atoms with Crippen molar-refractivity contribution in [1.29, 1.82) is 0 Å². The van der Waals surface area contributed by atoms with Gasteiger partial charge in [0.25, 0.3) is 0 Å². The van der Waals surface area contributed by atoms with E-state index in [2.05, 4.69) is 21.7 Å². The first kappa shape index (κ1) is 22.3. The first-order valence-electron chi connectivity index (χ1n) is 12.7. The average molecular weight is 449 g/mol. The quantitative estimate of drug-likeness (QED) is 0.643. The maximum absolute atomic E-state index is 13.6. The van der Waals surface area contributed by atoms with Crippen LogP contribution in [0.3, 0.4) is 0 Å². The van der Waals surface area contributed by atoms with Crippen LogP contribution in [0.25, 0.3) is 0 Å². The van der Waals surface area contributed by atoms with Gasteiger partial charge in [0, 0.05) is 36.7 Å². The number of aromatic nitrogens is 2. The fourth-order valence-electron chi connectivity index (χ4n) is 5.87. The van der Waals surface area contributed by atoms with Crippen LogP contribution in [0, 0.1) is 5.41 Å². The van der Waals surface area contributed by atoms with E-state index in [4.69, 9.17) is 9.72 Å². The van der Waals surface area contributed by atoms with Crippen molar-refractivity contribution in [1.82, 2.24) is 19.8 Å².